The van der Waals surface area contributed by atoms with Crippen LogP contribution in [-0.4, -0.2) is 21.9 Å². The van der Waals surface area contributed by atoms with Crippen molar-refractivity contribution >= 4 is 11.0 Å². The number of epoxide rings is 1. The van der Waals surface area contributed by atoms with E-state index in [1.165, 1.54) is 18.4 Å². The van der Waals surface area contributed by atoms with E-state index in [1.54, 1.807) is 18.2 Å². The van der Waals surface area contributed by atoms with Crippen LogP contribution in [0.2, 0.25) is 0 Å². The molecule has 1 fully saturated rings. The van der Waals surface area contributed by atoms with Crippen LogP contribution in [0.25, 0.3) is 22.1 Å². The summed E-state index contributed by atoms with van der Waals surface area (Å²) >= 11 is 0. The summed E-state index contributed by atoms with van der Waals surface area (Å²) in [4.78, 5) is 13.0. The minimum atomic E-state index is -0.510. The van der Waals surface area contributed by atoms with Crippen molar-refractivity contribution in [2.24, 2.45) is 0 Å². The highest BCUT2D eigenvalue weighted by Gasteiger charge is 2.58. The Morgan fingerprint density at radius 1 is 1.12 bits per heavy atom. The van der Waals surface area contributed by atoms with Crippen LogP contribution in [0.1, 0.15) is 25.5 Å². The van der Waals surface area contributed by atoms with Gasteiger partial charge in [-0.05, 0) is 31.5 Å². The molecule has 3 aromatic rings. The van der Waals surface area contributed by atoms with Crippen molar-refractivity contribution in [2.75, 3.05) is 0 Å². The number of fused-ring (bicyclic) bond motifs is 4. The SMILES string of the molecule is CC1(C)Oc2cc3occ(-c4ccc(O)cc4)c(=O)c3c(O)c2[C@H]2O[C@H]21. The first kappa shape index (κ1) is 15.3. The minimum absolute atomic E-state index is 0.104. The Labute approximate surface area is 148 Å². The molecule has 2 aliphatic heterocycles. The fourth-order valence-electron chi connectivity index (χ4n) is 3.66. The third kappa shape index (κ3) is 1.99. The minimum Gasteiger partial charge on any atom is -0.508 e. The Balaban J connectivity index is 1.75. The molecule has 2 aromatic carbocycles. The molecule has 2 N–H and O–H groups in total. The summed E-state index contributed by atoms with van der Waals surface area (Å²) in [6.45, 7) is 3.85. The number of aromatic hydroxyl groups is 2. The molecule has 2 aliphatic rings. The smallest absolute Gasteiger partial charge is 0.204 e. The maximum absolute atomic E-state index is 13.0. The second-order valence-electron chi connectivity index (χ2n) is 7.22. The Hall–Kier alpha value is -2.99. The summed E-state index contributed by atoms with van der Waals surface area (Å²) in [7, 11) is 0. The molecule has 0 radical (unpaired) electrons. The number of hydrogen-bond donors (Lipinski definition) is 2. The van der Waals surface area contributed by atoms with E-state index in [2.05, 4.69) is 0 Å². The first-order valence-corrected chi connectivity index (χ1v) is 8.32. The van der Waals surface area contributed by atoms with Gasteiger partial charge in [-0.25, -0.2) is 0 Å². The molecular weight excluding hydrogens is 336 g/mol. The zero-order valence-corrected chi connectivity index (χ0v) is 14.1. The topological polar surface area (TPSA) is 92.4 Å². The molecule has 2 atom stereocenters. The molecule has 0 bridgehead atoms. The number of phenolic OH excluding ortho intramolecular Hbond substituents is 2. The van der Waals surface area contributed by atoms with Crippen LogP contribution in [0.15, 0.2) is 45.8 Å². The largest absolute Gasteiger partial charge is 0.508 e. The third-order valence-electron chi connectivity index (χ3n) is 5.05. The number of hydrogen-bond acceptors (Lipinski definition) is 6. The Morgan fingerprint density at radius 2 is 1.85 bits per heavy atom. The van der Waals surface area contributed by atoms with Crippen molar-refractivity contribution in [3.8, 4) is 28.4 Å². The highest BCUT2D eigenvalue weighted by molar-refractivity contribution is 5.90. The van der Waals surface area contributed by atoms with E-state index in [4.69, 9.17) is 13.9 Å². The van der Waals surface area contributed by atoms with Crippen molar-refractivity contribution < 1.29 is 24.1 Å². The van der Waals surface area contributed by atoms with Crippen molar-refractivity contribution in [1.82, 2.24) is 0 Å². The highest BCUT2D eigenvalue weighted by atomic mass is 16.6. The summed E-state index contributed by atoms with van der Waals surface area (Å²) < 4.78 is 17.3. The first-order chi connectivity index (χ1) is 12.4. The van der Waals surface area contributed by atoms with Crippen molar-refractivity contribution in [1.29, 1.82) is 0 Å². The highest BCUT2D eigenvalue weighted by Crippen LogP contribution is 2.57. The zero-order valence-electron chi connectivity index (χ0n) is 14.1. The van der Waals surface area contributed by atoms with Crippen molar-refractivity contribution in [3.05, 3.63) is 52.4 Å². The van der Waals surface area contributed by atoms with Gasteiger partial charge in [0.2, 0.25) is 5.43 Å². The van der Waals surface area contributed by atoms with Crippen LogP contribution >= 0.6 is 0 Å². The second kappa shape index (κ2) is 4.80. The standard InChI is InChI=1S/C20H16O6/c1-20(2)19-18(25-19)15-13(26-20)7-12-14(17(15)23)16(22)11(8-24-12)9-3-5-10(21)6-4-9/h3-8,18-19,21,23H,1-2H3/t18-,19-/m1/s1. The fourth-order valence-corrected chi connectivity index (χ4v) is 3.66. The van der Waals surface area contributed by atoms with Crippen LogP contribution in [-0.2, 0) is 4.74 Å². The van der Waals surface area contributed by atoms with E-state index in [9.17, 15) is 15.0 Å². The summed E-state index contributed by atoms with van der Waals surface area (Å²) in [5.74, 6) is 0.418. The summed E-state index contributed by atoms with van der Waals surface area (Å²) in [6.07, 6.45) is 0.924. The fraction of sp³-hybridized carbons (Fsp3) is 0.250. The Kier molecular flexibility index (Phi) is 2.82. The molecule has 6 nitrogen and oxygen atoms in total. The summed E-state index contributed by atoms with van der Waals surface area (Å²) in [5, 5.41) is 20.3. The van der Waals surface area contributed by atoms with E-state index in [0.717, 1.165) is 0 Å². The number of phenols is 2. The van der Waals surface area contributed by atoms with Crippen molar-refractivity contribution in [3.63, 3.8) is 0 Å². The third-order valence-corrected chi connectivity index (χ3v) is 5.05. The quantitative estimate of drug-likeness (QED) is 0.652. The van der Waals surface area contributed by atoms with Gasteiger partial charge in [0.05, 0.1) is 11.1 Å². The van der Waals surface area contributed by atoms with Gasteiger partial charge in [-0.15, -0.1) is 0 Å². The first-order valence-electron chi connectivity index (χ1n) is 8.32. The van der Waals surface area contributed by atoms with E-state index in [-0.39, 0.29) is 40.1 Å². The molecule has 3 heterocycles. The molecule has 0 unspecified atom stereocenters. The van der Waals surface area contributed by atoms with Gasteiger partial charge in [-0.2, -0.15) is 0 Å². The van der Waals surface area contributed by atoms with E-state index < -0.39 is 5.60 Å². The molecule has 0 amide bonds. The monoisotopic (exact) mass is 352 g/mol. The lowest BCUT2D eigenvalue weighted by Crippen LogP contribution is -2.37. The molecule has 0 spiro atoms. The Morgan fingerprint density at radius 3 is 2.58 bits per heavy atom. The predicted octanol–water partition coefficient (Wildman–Crippen LogP) is 3.48. The van der Waals surface area contributed by atoms with Gasteiger partial charge < -0.3 is 24.1 Å². The van der Waals surface area contributed by atoms with E-state index in [1.807, 2.05) is 13.8 Å². The summed E-state index contributed by atoms with van der Waals surface area (Å²) in [6, 6.07) is 7.85. The average Bonchev–Trinajstić information content (AvgIpc) is 3.37. The predicted molar refractivity (Wildman–Crippen MR) is 93.6 cm³/mol. The lowest BCUT2D eigenvalue weighted by atomic mass is 9.92. The zero-order chi connectivity index (χ0) is 18.2. The van der Waals surface area contributed by atoms with Crippen LogP contribution < -0.4 is 10.2 Å². The number of ether oxygens (including phenoxy) is 2. The van der Waals surface area contributed by atoms with Crippen LogP contribution in [0.3, 0.4) is 0 Å². The molecule has 0 saturated carbocycles. The lowest BCUT2D eigenvalue weighted by molar-refractivity contribution is 0.0723. The van der Waals surface area contributed by atoms with E-state index in [0.29, 0.717) is 22.4 Å². The van der Waals surface area contributed by atoms with Crippen LogP contribution in [0.5, 0.6) is 17.2 Å². The maximum Gasteiger partial charge on any atom is 0.204 e. The summed E-state index contributed by atoms with van der Waals surface area (Å²) in [5.41, 5.74) is 0.788. The lowest BCUT2D eigenvalue weighted by Gasteiger charge is -2.29. The van der Waals surface area contributed by atoms with Crippen molar-refractivity contribution in [2.45, 2.75) is 31.7 Å². The van der Waals surface area contributed by atoms with E-state index >= 15 is 0 Å². The molecule has 6 heteroatoms. The average molecular weight is 352 g/mol. The van der Waals surface area contributed by atoms with Crippen LogP contribution in [0.4, 0.5) is 0 Å². The normalized spacial score (nSPS) is 22.4. The van der Waals surface area contributed by atoms with Gasteiger partial charge in [0.15, 0.2) is 0 Å². The van der Waals surface area contributed by atoms with Gasteiger partial charge in [-0.3, -0.25) is 4.79 Å². The van der Waals surface area contributed by atoms with Crippen LogP contribution in [0, 0.1) is 0 Å². The second-order valence-corrected chi connectivity index (χ2v) is 7.22. The molecule has 1 saturated heterocycles. The molecule has 1 aromatic heterocycles. The molecular formula is C20H16O6. The number of benzene rings is 2. The van der Waals surface area contributed by atoms with Gasteiger partial charge in [0, 0.05) is 6.07 Å². The van der Waals surface area contributed by atoms with Gasteiger partial charge in [-0.1, -0.05) is 12.1 Å². The van der Waals surface area contributed by atoms with Gasteiger partial charge in [0.1, 0.15) is 52.3 Å². The number of rotatable bonds is 1. The Bertz CT molecular complexity index is 1110. The molecule has 5 rings (SSSR count). The molecule has 26 heavy (non-hydrogen) atoms. The van der Waals surface area contributed by atoms with Gasteiger partial charge >= 0.3 is 0 Å². The molecule has 0 aliphatic carbocycles. The maximum atomic E-state index is 13.0. The molecule has 132 valence electrons. The van der Waals surface area contributed by atoms with Gasteiger partial charge in [0.25, 0.3) is 0 Å².